The molecule has 4 heteroatoms. The van der Waals surface area contributed by atoms with E-state index in [-0.39, 0.29) is 18.3 Å². The average molecular weight is 205 g/mol. The van der Waals surface area contributed by atoms with Crippen molar-refractivity contribution in [3.8, 4) is 0 Å². The van der Waals surface area contributed by atoms with Crippen molar-refractivity contribution in [2.45, 2.75) is 31.7 Å². The number of hydrogen-bond acceptors (Lipinski definition) is 2. The van der Waals surface area contributed by atoms with Crippen molar-refractivity contribution in [3.63, 3.8) is 0 Å². The summed E-state index contributed by atoms with van der Waals surface area (Å²) >= 11 is 0. The zero-order valence-electron chi connectivity index (χ0n) is 7.71. The number of nitrogens with one attached hydrogen (secondary N) is 2. The molecule has 76 valence electrons. The summed E-state index contributed by atoms with van der Waals surface area (Å²) in [6.07, 6.45) is 4.54. The highest BCUT2D eigenvalue weighted by atomic mass is 35.5. The minimum Gasteiger partial charge on any atom is -0.352 e. The normalized spacial score (nSPS) is 27.5. The maximum atomic E-state index is 11.4. The minimum absolute atomic E-state index is 0. The summed E-state index contributed by atoms with van der Waals surface area (Å²) in [4.78, 5) is 11.4. The van der Waals surface area contributed by atoms with Crippen LogP contribution in [0.25, 0.3) is 0 Å². The van der Waals surface area contributed by atoms with E-state index in [1.165, 1.54) is 6.42 Å². The molecule has 1 aliphatic heterocycles. The highest BCUT2D eigenvalue weighted by Crippen LogP contribution is 2.26. The molecule has 1 heterocycles. The summed E-state index contributed by atoms with van der Waals surface area (Å²) in [6, 6.07) is 0.401. The fourth-order valence-electron chi connectivity index (χ4n) is 1.77. The summed E-state index contributed by atoms with van der Waals surface area (Å²) in [5.74, 6) is 0.626. The third-order valence-corrected chi connectivity index (χ3v) is 2.88. The van der Waals surface area contributed by atoms with Gasteiger partial charge in [0.05, 0.1) is 0 Å². The zero-order valence-corrected chi connectivity index (χ0v) is 8.53. The van der Waals surface area contributed by atoms with Crippen molar-refractivity contribution >= 4 is 18.3 Å². The number of halogens is 1. The van der Waals surface area contributed by atoms with Crippen LogP contribution in [0.5, 0.6) is 0 Å². The number of carbonyl (C=O) groups is 1. The number of carbonyl (C=O) groups excluding carboxylic acids is 1. The lowest BCUT2D eigenvalue weighted by Gasteiger charge is -2.25. The molecule has 0 aromatic heterocycles. The summed E-state index contributed by atoms with van der Waals surface area (Å²) < 4.78 is 0. The van der Waals surface area contributed by atoms with Gasteiger partial charge in [-0.2, -0.15) is 0 Å². The first-order valence-corrected chi connectivity index (χ1v) is 4.87. The summed E-state index contributed by atoms with van der Waals surface area (Å²) in [6.45, 7) is 2.01. The number of amides is 1. The van der Waals surface area contributed by atoms with Crippen LogP contribution < -0.4 is 10.6 Å². The Morgan fingerprint density at radius 2 is 2.08 bits per heavy atom. The molecule has 2 aliphatic rings. The molecule has 2 rings (SSSR count). The van der Waals surface area contributed by atoms with Crippen molar-refractivity contribution in [3.05, 3.63) is 0 Å². The van der Waals surface area contributed by atoms with Gasteiger partial charge in [0.15, 0.2) is 0 Å². The maximum absolute atomic E-state index is 11.4. The van der Waals surface area contributed by atoms with E-state index >= 15 is 0 Å². The first kappa shape index (κ1) is 10.8. The van der Waals surface area contributed by atoms with Gasteiger partial charge in [0.2, 0.25) is 5.91 Å². The Morgan fingerprint density at radius 3 is 2.54 bits per heavy atom. The van der Waals surface area contributed by atoms with Crippen LogP contribution in [0.15, 0.2) is 0 Å². The van der Waals surface area contributed by atoms with E-state index in [2.05, 4.69) is 10.6 Å². The molecule has 1 amide bonds. The van der Waals surface area contributed by atoms with Gasteiger partial charge in [0, 0.05) is 18.5 Å². The zero-order chi connectivity index (χ0) is 8.39. The molecule has 0 aromatic rings. The summed E-state index contributed by atoms with van der Waals surface area (Å²) in [5, 5.41) is 6.32. The Morgan fingerprint density at radius 1 is 1.31 bits per heavy atom. The Balaban J connectivity index is 0.000000845. The third kappa shape index (κ3) is 2.58. The monoisotopic (exact) mass is 204 g/mol. The van der Waals surface area contributed by atoms with Crippen molar-refractivity contribution in [2.24, 2.45) is 5.92 Å². The van der Waals surface area contributed by atoms with Crippen LogP contribution in [0.2, 0.25) is 0 Å². The second-order valence-electron chi connectivity index (χ2n) is 3.83. The van der Waals surface area contributed by atoms with Crippen LogP contribution in [-0.4, -0.2) is 25.0 Å². The molecule has 2 N–H and O–H groups in total. The predicted octanol–water partition coefficient (Wildman–Crippen LogP) is 0.686. The molecule has 13 heavy (non-hydrogen) atoms. The topological polar surface area (TPSA) is 41.1 Å². The average Bonchev–Trinajstić information content (AvgIpc) is 2.34. The van der Waals surface area contributed by atoms with Crippen LogP contribution in [0, 0.1) is 5.92 Å². The van der Waals surface area contributed by atoms with Gasteiger partial charge in [0.25, 0.3) is 0 Å². The molecule has 2 fully saturated rings. The molecule has 1 atom stereocenters. The first-order chi connectivity index (χ1) is 5.86. The second kappa shape index (κ2) is 4.82. The Bertz CT molecular complexity index is 176. The van der Waals surface area contributed by atoms with E-state index in [4.69, 9.17) is 0 Å². The highest BCUT2D eigenvalue weighted by molar-refractivity contribution is 5.85. The van der Waals surface area contributed by atoms with E-state index in [0.29, 0.717) is 12.0 Å². The second-order valence-corrected chi connectivity index (χ2v) is 3.83. The van der Waals surface area contributed by atoms with Gasteiger partial charge >= 0.3 is 0 Å². The van der Waals surface area contributed by atoms with Gasteiger partial charge < -0.3 is 10.6 Å². The maximum Gasteiger partial charge on any atom is 0.223 e. The van der Waals surface area contributed by atoms with Crippen LogP contribution in [0.3, 0.4) is 0 Å². The molecular formula is C9H17ClN2O. The first-order valence-electron chi connectivity index (χ1n) is 4.87. The molecule has 1 aliphatic carbocycles. The molecule has 1 unspecified atom stereocenters. The standard InChI is InChI=1S/C9H16N2O.ClH/c12-9(7-2-1-3-7)11-8-4-5-10-6-8;/h7-8,10H,1-6H2,(H,11,12);1H. The van der Waals surface area contributed by atoms with Crippen molar-refractivity contribution in [1.29, 1.82) is 0 Å². The van der Waals surface area contributed by atoms with Crippen molar-refractivity contribution in [1.82, 2.24) is 10.6 Å². The summed E-state index contributed by atoms with van der Waals surface area (Å²) in [7, 11) is 0. The van der Waals surface area contributed by atoms with Gasteiger partial charge in [-0.05, 0) is 25.8 Å². The van der Waals surface area contributed by atoms with E-state index in [0.717, 1.165) is 32.4 Å². The molecular weight excluding hydrogens is 188 g/mol. The number of rotatable bonds is 2. The Hall–Kier alpha value is -0.280. The van der Waals surface area contributed by atoms with Gasteiger partial charge in [-0.3, -0.25) is 4.79 Å². The predicted molar refractivity (Wildman–Crippen MR) is 54.0 cm³/mol. The lowest BCUT2D eigenvalue weighted by molar-refractivity contribution is -0.128. The van der Waals surface area contributed by atoms with Crippen LogP contribution in [0.4, 0.5) is 0 Å². The quantitative estimate of drug-likeness (QED) is 0.695. The molecule has 1 saturated heterocycles. The molecule has 1 saturated carbocycles. The fraction of sp³-hybridized carbons (Fsp3) is 0.889. The van der Waals surface area contributed by atoms with Crippen molar-refractivity contribution in [2.75, 3.05) is 13.1 Å². The third-order valence-electron chi connectivity index (χ3n) is 2.88. The van der Waals surface area contributed by atoms with E-state index in [1.54, 1.807) is 0 Å². The van der Waals surface area contributed by atoms with Gasteiger partial charge in [-0.1, -0.05) is 6.42 Å². The lowest BCUT2D eigenvalue weighted by Crippen LogP contribution is -2.41. The smallest absolute Gasteiger partial charge is 0.223 e. The van der Waals surface area contributed by atoms with Crippen LogP contribution in [-0.2, 0) is 4.79 Å². The van der Waals surface area contributed by atoms with Gasteiger partial charge in [-0.25, -0.2) is 0 Å². The highest BCUT2D eigenvalue weighted by Gasteiger charge is 2.27. The number of hydrogen-bond donors (Lipinski definition) is 2. The van der Waals surface area contributed by atoms with Crippen molar-refractivity contribution < 1.29 is 4.79 Å². The largest absolute Gasteiger partial charge is 0.352 e. The molecule has 0 bridgehead atoms. The molecule has 0 aromatic carbocycles. The molecule has 0 spiro atoms. The van der Waals surface area contributed by atoms with Gasteiger partial charge in [0.1, 0.15) is 0 Å². The Labute approximate surface area is 85.1 Å². The minimum atomic E-state index is 0. The summed E-state index contributed by atoms with van der Waals surface area (Å²) in [5.41, 5.74) is 0. The van der Waals surface area contributed by atoms with E-state index in [9.17, 15) is 4.79 Å². The SMILES string of the molecule is Cl.O=C(NC1CCNC1)C1CCC1. The molecule has 0 radical (unpaired) electrons. The van der Waals surface area contributed by atoms with E-state index < -0.39 is 0 Å². The van der Waals surface area contributed by atoms with Gasteiger partial charge in [-0.15, -0.1) is 12.4 Å². The van der Waals surface area contributed by atoms with Crippen LogP contribution >= 0.6 is 12.4 Å². The lowest BCUT2D eigenvalue weighted by atomic mass is 9.84. The van der Waals surface area contributed by atoms with Crippen LogP contribution in [0.1, 0.15) is 25.7 Å². The Kier molecular flexibility index (Phi) is 4.00. The van der Waals surface area contributed by atoms with E-state index in [1.807, 2.05) is 0 Å². The molecule has 3 nitrogen and oxygen atoms in total. The fourth-order valence-corrected chi connectivity index (χ4v) is 1.77.